The smallest absolute Gasteiger partial charge is 0.246 e. The van der Waals surface area contributed by atoms with Gasteiger partial charge in [0.1, 0.15) is 6.61 Å². The summed E-state index contributed by atoms with van der Waals surface area (Å²) in [5.41, 5.74) is 7.53. The lowest BCUT2D eigenvalue weighted by molar-refractivity contribution is -0.125. The third-order valence-corrected chi connectivity index (χ3v) is 2.23. The van der Waals surface area contributed by atoms with Crippen molar-refractivity contribution >= 4 is 5.91 Å². The van der Waals surface area contributed by atoms with Crippen LogP contribution in [0.3, 0.4) is 0 Å². The van der Waals surface area contributed by atoms with Crippen LogP contribution in [-0.4, -0.2) is 25.7 Å². The Morgan fingerprint density at radius 3 is 2.88 bits per heavy atom. The van der Waals surface area contributed by atoms with Gasteiger partial charge in [-0.2, -0.15) is 0 Å². The molecule has 0 saturated heterocycles. The number of carbonyl (C=O) groups is 1. The van der Waals surface area contributed by atoms with E-state index < -0.39 is 0 Å². The van der Waals surface area contributed by atoms with Gasteiger partial charge in [0.05, 0.1) is 6.61 Å². The molecule has 0 fully saturated rings. The Kier molecular flexibility index (Phi) is 5.53. The Hall–Kier alpha value is -1.39. The molecular formula is C12H18N2O2. The van der Waals surface area contributed by atoms with Gasteiger partial charge in [0.15, 0.2) is 0 Å². The van der Waals surface area contributed by atoms with Gasteiger partial charge in [0.25, 0.3) is 0 Å². The Labute approximate surface area is 95.8 Å². The van der Waals surface area contributed by atoms with Crippen LogP contribution < -0.4 is 11.1 Å². The predicted octanol–water partition coefficient (Wildman–Crippen LogP) is 0.587. The molecule has 4 heteroatoms. The summed E-state index contributed by atoms with van der Waals surface area (Å²) in [6.07, 6.45) is 0. The molecule has 3 N–H and O–H groups in total. The lowest BCUT2D eigenvalue weighted by atomic mass is 10.1. The summed E-state index contributed by atoms with van der Waals surface area (Å²) in [4.78, 5) is 11.3. The van der Waals surface area contributed by atoms with E-state index in [9.17, 15) is 4.79 Å². The lowest BCUT2D eigenvalue weighted by Gasteiger charge is -2.07. The van der Waals surface area contributed by atoms with Gasteiger partial charge in [-0.3, -0.25) is 4.79 Å². The predicted molar refractivity (Wildman–Crippen MR) is 62.9 cm³/mol. The molecule has 0 aromatic heterocycles. The number of nitrogens with two attached hydrogens (primary N) is 1. The number of ether oxygens (including phenoxy) is 1. The zero-order chi connectivity index (χ0) is 11.8. The summed E-state index contributed by atoms with van der Waals surface area (Å²) >= 11 is 0. The number of aryl methyl sites for hydroxylation is 1. The first-order valence-corrected chi connectivity index (χ1v) is 5.33. The van der Waals surface area contributed by atoms with Gasteiger partial charge in [-0.05, 0) is 18.1 Å². The monoisotopic (exact) mass is 222 g/mol. The highest BCUT2D eigenvalue weighted by molar-refractivity contribution is 5.77. The molecule has 0 bridgehead atoms. The van der Waals surface area contributed by atoms with E-state index in [0.29, 0.717) is 19.7 Å². The van der Waals surface area contributed by atoms with Crippen LogP contribution in [0.5, 0.6) is 0 Å². The first-order chi connectivity index (χ1) is 7.74. The number of hydrogen-bond donors (Lipinski definition) is 2. The van der Waals surface area contributed by atoms with Crippen LogP contribution in [0.15, 0.2) is 24.3 Å². The Morgan fingerprint density at radius 1 is 1.44 bits per heavy atom. The van der Waals surface area contributed by atoms with Gasteiger partial charge in [0, 0.05) is 13.1 Å². The first-order valence-electron chi connectivity index (χ1n) is 5.33. The average Bonchev–Trinajstić information content (AvgIpc) is 2.28. The average molecular weight is 222 g/mol. The summed E-state index contributed by atoms with van der Waals surface area (Å²) < 4.78 is 5.03. The number of rotatable bonds is 6. The molecule has 1 rings (SSSR count). The quantitative estimate of drug-likeness (QED) is 0.692. The van der Waals surface area contributed by atoms with Crippen LogP contribution in [0, 0.1) is 6.92 Å². The number of hydrogen-bond acceptors (Lipinski definition) is 3. The summed E-state index contributed by atoms with van der Waals surface area (Å²) in [7, 11) is 0. The fourth-order valence-electron chi connectivity index (χ4n) is 1.30. The van der Waals surface area contributed by atoms with Gasteiger partial charge in [-0.15, -0.1) is 0 Å². The highest BCUT2D eigenvalue weighted by Gasteiger charge is 2.02. The van der Waals surface area contributed by atoms with Crippen LogP contribution in [0.4, 0.5) is 0 Å². The SMILES string of the molecule is Cc1ccccc1CNC(=O)COCCN. The van der Waals surface area contributed by atoms with E-state index in [4.69, 9.17) is 10.5 Å². The maximum Gasteiger partial charge on any atom is 0.246 e. The van der Waals surface area contributed by atoms with E-state index in [-0.39, 0.29) is 12.5 Å². The van der Waals surface area contributed by atoms with Gasteiger partial charge < -0.3 is 15.8 Å². The summed E-state index contributed by atoms with van der Waals surface area (Å²) in [6.45, 7) is 3.48. The molecule has 0 saturated carbocycles. The zero-order valence-corrected chi connectivity index (χ0v) is 9.53. The number of carbonyl (C=O) groups excluding carboxylic acids is 1. The van der Waals surface area contributed by atoms with E-state index in [1.165, 1.54) is 5.56 Å². The molecule has 1 aromatic rings. The van der Waals surface area contributed by atoms with Crippen molar-refractivity contribution in [2.75, 3.05) is 19.8 Å². The Bertz CT molecular complexity index is 340. The van der Waals surface area contributed by atoms with Crippen molar-refractivity contribution < 1.29 is 9.53 Å². The molecule has 1 aromatic carbocycles. The fourth-order valence-corrected chi connectivity index (χ4v) is 1.30. The zero-order valence-electron chi connectivity index (χ0n) is 9.53. The molecule has 0 aliphatic rings. The standard InChI is InChI=1S/C12H18N2O2/c1-10-4-2-3-5-11(10)8-14-12(15)9-16-7-6-13/h2-5H,6-9,13H2,1H3,(H,14,15). The van der Waals surface area contributed by atoms with E-state index >= 15 is 0 Å². The van der Waals surface area contributed by atoms with Crippen LogP contribution in [0.1, 0.15) is 11.1 Å². The van der Waals surface area contributed by atoms with Gasteiger partial charge >= 0.3 is 0 Å². The van der Waals surface area contributed by atoms with Crippen LogP contribution in [0.2, 0.25) is 0 Å². The maximum absolute atomic E-state index is 11.3. The van der Waals surface area contributed by atoms with Crippen LogP contribution in [-0.2, 0) is 16.1 Å². The third kappa shape index (κ3) is 4.42. The van der Waals surface area contributed by atoms with Gasteiger partial charge in [0.2, 0.25) is 5.91 Å². The summed E-state index contributed by atoms with van der Waals surface area (Å²) in [5, 5.41) is 2.79. The molecule has 0 atom stereocenters. The van der Waals surface area contributed by atoms with E-state index in [1.807, 2.05) is 31.2 Å². The van der Waals surface area contributed by atoms with Crippen molar-refractivity contribution in [1.82, 2.24) is 5.32 Å². The first kappa shape index (κ1) is 12.7. The lowest BCUT2D eigenvalue weighted by Crippen LogP contribution is -2.28. The van der Waals surface area contributed by atoms with E-state index in [1.54, 1.807) is 0 Å². The molecule has 0 aliphatic heterocycles. The number of benzene rings is 1. The Balaban J connectivity index is 2.29. The number of nitrogens with one attached hydrogen (secondary N) is 1. The second-order valence-electron chi connectivity index (χ2n) is 3.54. The summed E-state index contributed by atoms with van der Waals surface area (Å²) in [5.74, 6) is -0.114. The summed E-state index contributed by atoms with van der Waals surface area (Å²) in [6, 6.07) is 7.95. The highest BCUT2D eigenvalue weighted by Crippen LogP contribution is 2.05. The van der Waals surface area contributed by atoms with Crippen molar-refractivity contribution in [3.05, 3.63) is 35.4 Å². The minimum absolute atomic E-state index is 0.0725. The van der Waals surface area contributed by atoms with Crippen molar-refractivity contribution in [3.8, 4) is 0 Å². The maximum atomic E-state index is 11.3. The molecule has 16 heavy (non-hydrogen) atoms. The normalized spacial score (nSPS) is 10.1. The second kappa shape index (κ2) is 6.98. The van der Waals surface area contributed by atoms with Crippen molar-refractivity contribution in [1.29, 1.82) is 0 Å². The Morgan fingerprint density at radius 2 is 2.19 bits per heavy atom. The van der Waals surface area contributed by atoms with Gasteiger partial charge in [-0.25, -0.2) is 0 Å². The fraction of sp³-hybridized carbons (Fsp3) is 0.417. The highest BCUT2D eigenvalue weighted by atomic mass is 16.5. The second-order valence-corrected chi connectivity index (χ2v) is 3.54. The van der Waals surface area contributed by atoms with Crippen molar-refractivity contribution in [2.45, 2.75) is 13.5 Å². The molecular weight excluding hydrogens is 204 g/mol. The van der Waals surface area contributed by atoms with Gasteiger partial charge in [-0.1, -0.05) is 24.3 Å². The molecule has 0 unspecified atom stereocenters. The molecule has 0 heterocycles. The van der Waals surface area contributed by atoms with E-state index in [2.05, 4.69) is 5.32 Å². The topological polar surface area (TPSA) is 64.3 Å². The molecule has 0 aliphatic carbocycles. The van der Waals surface area contributed by atoms with Crippen LogP contribution >= 0.6 is 0 Å². The largest absolute Gasteiger partial charge is 0.370 e. The molecule has 0 radical (unpaired) electrons. The van der Waals surface area contributed by atoms with Crippen LogP contribution in [0.25, 0.3) is 0 Å². The molecule has 1 amide bonds. The number of amides is 1. The van der Waals surface area contributed by atoms with Crippen molar-refractivity contribution in [2.24, 2.45) is 5.73 Å². The minimum atomic E-state index is -0.114. The molecule has 0 spiro atoms. The van der Waals surface area contributed by atoms with E-state index in [0.717, 1.165) is 5.56 Å². The molecule has 88 valence electrons. The molecule has 4 nitrogen and oxygen atoms in total. The third-order valence-electron chi connectivity index (χ3n) is 2.23. The van der Waals surface area contributed by atoms with Crippen molar-refractivity contribution in [3.63, 3.8) is 0 Å². The minimum Gasteiger partial charge on any atom is -0.370 e.